The Labute approximate surface area is 103 Å². The normalized spacial score (nSPS) is 9.78. The van der Waals surface area contributed by atoms with Crippen molar-refractivity contribution in [2.24, 2.45) is 0 Å². The van der Waals surface area contributed by atoms with Crippen molar-refractivity contribution in [1.29, 1.82) is 0 Å². The molecule has 0 aromatic heterocycles. The SMILES string of the molecule is O=C(O[N+](=O)[O-])c1ccccc1-c1ccccc1. The predicted octanol–water partition coefficient (Wildman–Crippen LogP) is 2.70. The van der Waals surface area contributed by atoms with Gasteiger partial charge in [-0.05, 0) is 17.2 Å². The third-order valence-corrected chi connectivity index (χ3v) is 2.39. The standard InChI is InChI=1S/C13H9NO4/c15-13(18-14(16)17)12-9-5-4-8-11(12)10-6-2-1-3-7-10/h1-9H. The lowest BCUT2D eigenvalue weighted by atomic mass is 10.00. The molecule has 0 unspecified atom stereocenters. The van der Waals surface area contributed by atoms with Gasteiger partial charge in [0.1, 0.15) is 0 Å². The van der Waals surface area contributed by atoms with E-state index in [9.17, 15) is 14.9 Å². The van der Waals surface area contributed by atoms with Gasteiger partial charge in [0.15, 0.2) is 0 Å². The van der Waals surface area contributed by atoms with Gasteiger partial charge in [0.25, 0.3) is 0 Å². The number of nitrogens with zero attached hydrogens (tertiary/aromatic N) is 1. The highest BCUT2D eigenvalue weighted by atomic mass is 17.0. The number of benzene rings is 2. The van der Waals surface area contributed by atoms with E-state index < -0.39 is 11.1 Å². The van der Waals surface area contributed by atoms with Gasteiger partial charge in [-0.15, -0.1) is 10.1 Å². The molecule has 0 heterocycles. The first-order valence-corrected chi connectivity index (χ1v) is 5.19. The Hall–Kier alpha value is -2.69. The Bertz CT molecular complexity index is 581. The molecule has 18 heavy (non-hydrogen) atoms. The molecule has 0 bridgehead atoms. The quantitative estimate of drug-likeness (QED) is 0.613. The van der Waals surface area contributed by atoms with Crippen LogP contribution in [0.25, 0.3) is 11.1 Å². The van der Waals surface area contributed by atoms with E-state index >= 15 is 0 Å². The van der Waals surface area contributed by atoms with E-state index in [1.54, 1.807) is 18.2 Å². The Kier molecular flexibility index (Phi) is 3.33. The Balaban J connectivity index is 2.44. The van der Waals surface area contributed by atoms with Crippen molar-refractivity contribution in [2.45, 2.75) is 0 Å². The lowest BCUT2D eigenvalue weighted by Gasteiger charge is -2.07. The van der Waals surface area contributed by atoms with Crippen LogP contribution in [0.15, 0.2) is 54.6 Å². The lowest BCUT2D eigenvalue weighted by Crippen LogP contribution is -2.11. The van der Waals surface area contributed by atoms with E-state index in [-0.39, 0.29) is 5.56 Å². The van der Waals surface area contributed by atoms with Crippen molar-refractivity contribution in [1.82, 2.24) is 0 Å². The van der Waals surface area contributed by atoms with Crippen LogP contribution in [0.5, 0.6) is 0 Å². The second kappa shape index (κ2) is 5.09. The maximum absolute atomic E-state index is 11.6. The van der Waals surface area contributed by atoms with Gasteiger partial charge >= 0.3 is 11.1 Å². The zero-order chi connectivity index (χ0) is 13.0. The van der Waals surface area contributed by atoms with Crippen LogP contribution in [-0.4, -0.2) is 11.1 Å². The van der Waals surface area contributed by atoms with Gasteiger partial charge in [0.05, 0.1) is 5.56 Å². The lowest BCUT2D eigenvalue weighted by molar-refractivity contribution is -0.727. The Morgan fingerprint density at radius 2 is 1.61 bits per heavy atom. The van der Waals surface area contributed by atoms with Crippen molar-refractivity contribution in [3.63, 3.8) is 0 Å². The van der Waals surface area contributed by atoms with E-state index in [1.165, 1.54) is 6.07 Å². The van der Waals surface area contributed by atoms with Crippen LogP contribution in [0.1, 0.15) is 10.4 Å². The molecule has 0 spiro atoms. The monoisotopic (exact) mass is 243 g/mol. The van der Waals surface area contributed by atoms with Gasteiger partial charge in [-0.3, -0.25) is 4.79 Å². The fourth-order valence-corrected chi connectivity index (χ4v) is 1.65. The van der Waals surface area contributed by atoms with Crippen molar-refractivity contribution in [2.75, 3.05) is 0 Å². The molecule has 0 saturated heterocycles. The van der Waals surface area contributed by atoms with Crippen LogP contribution in [0, 0.1) is 10.1 Å². The summed E-state index contributed by atoms with van der Waals surface area (Å²) in [6, 6.07) is 15.7. The molecule has 0 amide bonds. The zero-order valence-electron chi connectivity index (χ0n) is 9.28. The molecule has 90 valence electrons. The number of hydrogen-bond donors (Lipinski definition) is 0. The minimum atomic E-state index is -1.11. The summed E-state index contributed by atoms with van der Waals surface area (Å²) in [7, 11) is 0. The van der Waals surface area contributed by atoms with E-state index in [2.05, 4.69) is 4.84 Å². The third-order valence-electron chi connectivity index (χ3n) is 2.39. The topological polar surface area (TPSA) is 69.4 Å². The van der Waals surface area contributed by atoms with Gasteiger partial charge in [-0.2, -0.15) is 0 Å². The number of carbonyl (C=O) groups is 1. The van der Waals surface area contributed by atoms with Gasteiger partial charge in [-0.1, -0.05) is 48.5 Å². The summed E-state index contributed by atoms with van der Waals surface area (Å²) >= 11 is 0. The maximum atomic E-state index is 11.6. The van der Waals surface area contributed by atoms with Crippen LogP contribution in [-0.2, 0) is 4.84 Å². The smallest absolute Gasteiger partial charge is 0.263 e. The summed E-state index contributed by atoms with van der Waals surface area (Å²) in [4.78, 5) is 25.8. The fourth-order valence-electron chi connectivity index (χ4n) is 1.65. The van der Waals surface area contributed by atoms with E-state index in [4.69, 9.17) is 0 Å². The van der Waals surface area contributed by atoms with Gasteiger partial charge < -0.3 is 0 Å². The summed E-state index contributed by atoms with van der Waals surface area (Å²) in [6.45, 7) is 0. The highest BCUT2D eigenvalue weighted by Gasteiger charge is 2.15. The molecule has 0 aliphatic carbocycles. The molecule has 0 saturated carbocycles. The second-order valence-electron chi connectivity index (χ2n) is 3.51. The maximum Gasteiger partial charge on any atom is 0.335 e. The molecule has 0 aliphatic heterocycles. The number of rotatable bonds is 3. The molecule has 0 N–H and O–H groups in total. The van der Waals surface area contributed by atoms with Crippen LogP contribution < -0.4 is 0 Å². The van der Waals surface area contributed by atoms with Crippen molar-refractivity contribution >= 4 is 5.97 Å². The van der Waals surface area contributed by atoms with Gasteiger partial charge in [0.2, 0.25) is 0 Å². The molecule has 2 aromatic rings. The van der Waals surface area contributed by atoms with E-state index in [1.807, 2.05) is 30.3 Å². The van der Waals surface area contributed by atoms with E-state index in [0.717, 1.165) is 5.56 Å². The van der Waals surface area contributed by atoms with Crippen molar-refractivity contribution in [3.8, 4) is 11.1 Å². The average Bonchev–Trinajstić information content (AvgIpc) is 2.39. The molecular weight excluding hydrogens is 234 g/mol. The molecule has 2 rings (SSSR count). The number of hydrogen-bond acceptors (Lipinski definition) is 4. The molecule has 5 nitrogen and oxygen atoms in total. The number of carbonyl (C=O) groups excluding carboxylic acids is 1. The first-order valence-electron chi connectivity index (χ1n) is 5.19. The summed E-state index contributed by atoms with van der Waals surface area (Å²) in [5, 5.41) is 9.09. The second-order valence-corrected chi connectivity index (χ2v) is 3.51. The molecule has 0 atom stereocenters. The van der Waals surface area contributed by atoms with Gasteiger partial charge in [-0.25, -0.2) is 4.84 Å². The minimum absolute atomic E-state index is 0.167. The van der Waals surface area contributed by atoms with Crippen molar-refractivity contribution < 1.29 is 14.7 Å². The van der Waals surface area contributed by atoms with Gasteiger partial charge in [0, 0.05) is 0 Å². The van der Waals surface area contributed by atoms with Crippen LogP contribution in [0.3, 0.4) is 0 Å². The first kappa shape index (κ1) is 11.8. The molecule has 5 heteroatoms. The predicted molar refractivity (Wildman–Crippen MR) is 64.3 cm³/mol. The Morgan fingerprint density at radius 3 is 2.28 bits per heavy atom. The Morgan fingerprint density at radius 1 is 1.00 bits per heavy atom. The molecule has 0 radical (unpaired) electrons. The van der Waals surface area contributed by atoms with Crippen LogP contribution in [0.2, 0.25) is 0 Å². The molecule has 0 aliphatic rings. The van der Waals surface area contributed by atoms with Crippen LogP contribution >= 0.6 is 0 Å². The highest BCUT2D eigenvalue weighted by molar-refractivity contribution is 5.96. The summed E-state index contributed by atoms with van der Waals surface area (Å²) in [6.07, 6.45) is 0. The highest BCUT2D eigenvalue weighted by Crippen LogP contribution is 2.23. The zero-order valence-corrected chi connectivity index (χ0v) is 9.28. The first-order chi connectivity index (χ1) is 8.68. The average molecular weight is 243 g/mol. The van der Waals surface area contributed by atoms with Crippen molar-refractivity contribution in [3.05, 3.63) is 70.3 Å². The summed E-state index contributed by atoms with van der Waals surface area (Å²) in [5.41, 5.74) is 1.57. The molecule has 0 fully saturated rings. The van der Waals surface area contributed by atoms with Crippen LogP contribution in [0.4, 0.5) is 0 Å². The molecular formula is C13H9NO4. The molecule has 2 aromatic carbocycles. The fraction of sp³-hybridized carbons (Fsp3) is 0. The van der Waals surface area contributed by atoms with E-state index in [0.29, 0.717) is 5.56 Å². The minimum Gasteiger partial charge on any atom is -0.263 e. The summed E-state index contributed by atoms with van der Waals surface area (Å²) < 4.78 is 0. The third kappa shape index (κ3) is 2.52. The largest absolute Gasteiger partial charge is 0.335 e. The summed E-state index contributed by atoms with van der Waals surface area (Å²) in [5.74, 6) is -0.973.